The third kappa shape index (κ3) is 10.9. The first-order chi connectivity index (χ1) is 21.5. The predicted molar refractivity (Wildman–Crippen MR) is 169 cm³/mol. The van der Waals surface area contributed by atoms with Crippen molar-refractivity contribution in [1.82, 2.24) is 4.90 Å². The van der Waals surface area contributed by atoms with Crippen LogP contribution >= 0.6 is 0 Å². The van der Waals surface area contributed by atoms with Crippen molar-refractivity contribution in [3.8, 4) is 0 Å². The molecule has 0 saturated carbocycles. The topological polar surface area (TPSA) is 135 Å². The Labute approximate surface area is 266 Å². The maximum Gasteiger partial charge on any atom is 0.323 e. The van der Waals surface area contributed by atoms with Crippen LogP contribution in [0.4, 0.5) is 5.69 Å². The summed E-state index contributed by atoms with van der Waals surface area (Å²) in [6.45, 7) is 6.98. The SMILES string of the molecule is CC(C)(C)OC(=O)C1CCCN1CC1CC(c2ccc(CO)cc2)OC(c2ccc(NC(=O)CCCCCCC(=O)O)cc2)O1. The minimum atomic E-state index is -0.790. The Morgan fingerprint density at radius 1 is 0.933 bits per heavy atom. The zero-order chi connectivity index (χ0) is 32.4. The zero-order valence-electron chi connectivity index (χ0n) is 26.7. The molecular weight excluding hydrogens is 576 g/mol. The Kier molecular flexibility index (Phi) is 12.5. The lowest BCUT2D eigenvalue weighted by Crippen LogP contribution is -2.45. The number of carboxylic acids is 1. The highest BCUT2D eigenvalue weighted by Gasteiger charge is 2.38. The molecule has 2 fully saturated rings. The molecule has 2 heterocycles. The van der Waals surface area contributed by atoms with Crippen molar-refractivity contribution >= 4 is 23.5 Å². The molecule has 0 radical (unpaired) electrons. The van der Waals surface area contributed by atoms with Crippen molar-refractivity contribution in [1.29, 1.82) is 0 Å². The molecule has 0 aliphatic carbocycles. The number of ether oxygens (including phenoxy) is 3. The standard InChI is InChI=1S/C35H48N2O8/c1-35(2,3)45-33(42)29-9-8-20-37(29)22-28-21-30(25-14-12-24(23-38)13-15-25)44-34(43-28)26-16-18-27(19-17-26)36-31(39)10-6-4-5-7-11-32(40)41/h12-19,28-30,34,38H,4-11,20-23H2,1-3H3,(H,36,39)(H,40,41). The zero-order valence-corrected chi connectivity index (χ0v) is 26.7. The number of aliphatic hydroxyl groups is 1. The summed E-state index contributed by atoms with van der Waals surface area (Å²) in [6.07, 6.45) is 4.66. The first kappa shape index (κ1) is 34.6. The fraction of sp³-hybridized carbons (Fsp3) is 0.571. The first-order valence-electron chi connectivity index (χ1n) is 16.1. The Hall–Kier alpha value is -3.31. The lowest BCUT2D eigenvalue weighted by Gasteiger charge is -2.38. The second-order valence-electron chi connectivity index (χ2n) is 13.0. The van der Waals surface area contributed by atoms with E-state index in [0.717, 1.165) is 48.9 Å². The summed E-state index contributed by atoms with van der Waals surface area (Å²) in [5, 5.41) is 21.2. The second kappa shape index (κ2) is 16.3. The number of nitrogens with one attached hydrogen (secondary N) is 1. The van der Waals surface area contributed by atoms with Crippen LogP contribution in [0.3, 0.4) is 0 Å². The van der Waals surface area contributed by atoms with Gasteiger partial charge in [0, 0.05) is 37.1 Å². The van der Waals surface area contributed by atoms with Gasteiger partial charge in [-0.05, 0) is 76.3 Å². The Morgan fingerprint density at radius 3 is 2.24 bits per heavy atom. The van der Waals surface area contributed by atoms with Gasteiger partial charge in [-0.15, -0.1) is 0 Å². The van der Waals surface area contributed by atoms with Gasteiger partial charge in [0.05, 0.1) is 18.8 Å². The molecule has 3 N–H and O–H groups in total. The van der Waals surface area contributed by atoms with E-state index in [1.165, 1.54) is 0 Å². The van der Waals surface area contributed by atoms with E-state index in [9.17, 15) is 19.5 Å². The number of amides is 1. The van der Waals surface area contributed by atoms with E-state index in [1.54, 1.807) is 0 Å². The van der Waals surface area contributed by atoms with Gasteiger partial charge in [-0.3, -0.25) is 19.3 Å². The van der Waals surface area contributed by atoms with Crippen molar-refractivity contribution in [2.24, 2.45) is 0 Å². The molecule has 2 saturated heterocycles. The van der Waals surface area contributed by atoms with E-state index in [1.807, 2.05) is 69.3 Å². The van der Waals surface area contributed by atoms with Gasteiger partial charge >= 0.3 is 11.9 Å². The van der Waals surface area contributed by atoms with Gasteiger partial charge in [0.15, 0.2) is 6.29 Å². The monoisotopic (exact) mass is 624 g/mol. The largest absolute Gasteiger partial charge is 0.481 e. The average molecular weight is 625 g/mol. The third-order valence-corrected chi connectivity index (χ3v) is 8.11. The van der Waals surface area contributed by atoms with E-state index in [-0.39, 0.29) is 43.2 Å². The van der Waals surface area contributed by atoms with Crippen LogP contribution in [0.25, 0.3) is 0 Å². The number of carboxylic acid groups (broad SMARTS) is 1. The number of anilines is 1. The summed E-state index contributed by atoms with van der Waals surface area (Å²) >= 11 is 0. The molecule has 0 aromatic heterocycles. The Balaban J connectivity index is 1.40. The van der Waals surface area contributed by atoms with Crippen molar-refractivity contribution in [3.63, 3.8) is 0 Å². The van der Waals surface area contributed by atoms with Gasteiger partial charge in [-0.1, -0.05) is 49.2 Å². The number of esters is 1. The molecule has 1 amide bonds. The molecule has 10 heteroatoms. The average Bonchev–Trinajstić information content (AvgIpc) is 3.46. The van der Waals surface area contributed by atoms with E-state index in [4.69, 9.17) is 19.3 Å². The molecule has 45 heavy (non-hydrogen) atoms. The summed E-state index contributed by atoms with van der Waals surface area (Å²) in [6, 6.07) is 14.9. The summed E-state index contributed by atoms with van der Waals surface area (Å²) < 4.78 is 18.7. The van der Waals surface area contributed by atoms with Gasteiger partial charge in [-0.25, -0.2) is 0 Å². The molecule has 4 atom stereocenters. The first-order valence-corrected chi connectivity index (χ1v) is 16.1. The van der Waals surface area contributed by atoms with Crippen LogP contribution < -0.4 is 5.32 Å². The summed E-state index contributed by atoms with van der Waals surface area (Å²) in [5.41, 5.74) is 2.76. The van der Waals surface area contributed by atoms with Gasteiger partial charge < -0.3 is 29.7 Å². The van der Waals surface area contributed by atoms with Gasteiger partial charge in [-0.2, -0.15) is 0 Å². The van der Waals surface area contributed by atoms with Crippen molar-refractivity contribution in [3.05, 3.63) is 65.2 Å². The van der Waals surface area contributed by atoms with Crippen molar-refractivity contribution in [2.45, 2.75) is 115 Å². The van der Waals surface area contributed by atoms with Crippen molar-refractivity contribution in [2.75, 3.05) is 18.4 Å². The smallest absolute Gasteiger partial charge is 0.323 e. The molecule has 0 spiro atoms. The molecule has 4 rings (SSSR count). The van der Waals surface area contributed by atoms with Gasteiger partial charge in [0.2, 0.25) is 5.91 Å². The van der Waals surface area contributed by atoms with Crippen molar-refractivity contribution < 1.29 is 38.8 Å². The maximum absolute atomic E-state index is 13.0. The number of likely N-dealkylation sites (tertiary alicyclic amines) is 1. The molecule has 4 unspecified atom stereocenters. The van der Waals surface area contributed by atoms with E-state index in [2.05, 4.69) is 10.2 Å². The van der Waals surface area contributed by atoms with Gasteiger partial charge in [0.1, 0.15) is 11.6 Å². The number of aliphatic hydroxyl groups excluding tert-OH is 1. The number of unbranched alkanes of at least 4 members (excludes halogenated alkanes) is 3. The maximum atomic E-state index is 13.0. The summed E-state index contributed by atoms with van der Waals surface area (Å²) in [4.78, 5) is 38.2. The van der Waals surface area contributed by atoms with E-state index in [0.29, 0.717) is 37.9 Å². The number of rotatable bonds is 14. The van der Waals surface area contributed by atoms with Crippen LogP contribution in [0.1, 0.15) is 108 Å². The highest BCUT2D eigenvalue weighted by molar-refractivity contribution is 5.90. The van der Waals surface area contributed by atoms with Crippen LogP contribution in [0, 0.1) is 0 Å². The minimum Gasteiger partial charge on any atom is -0.481 e. The van der Waals surface area contributed by atoms with Crippen LogP contribution in [0.5, 0.6) is 0 Å². The number of nitrogens with zero attached hydrogens (tertiary/aromatic N) is 1. The molecule has 2 aliphatic heterocycles. The van der Waals surface area contributed by atoms with Gasteiger partial charge in [0.25, 0.3) is 0 Å². The molecule has 2 aliphatic rings. The highest BCUT2D eigenvalue weighted by Crippen LogP contribution is 2.39. The number of hydrogen-bond acceptors (Lipinski definition) is 8. The molecule has 246 valence electrons. The van der Waals surface area contributed by atoms with E-state index >= 15 is 0 Å². The lowest BCUT2D eigenvalue weighted by atomic mass is 9.99. The predicted octanol–water partition coefficient (Wildman–Crippen LogP) is 5.89. The minimum absolute atomic E-state index is 0.0309. The second-order valence-corrected chi connectivity index (χ2v) is 13.0. The fourth-order valence-electron chi connectivity index (χ4n) is 5.84. The number of carbonyl (C=O) groups is 3. The summed E-state index contributed by atoms with van der Waals surface area (Å²) in [5.74, 6) is -1.07. The van der Waals surface area contributed by atoms with Crippen LogP contribution in [-0.2, 0) is 35.2 Å². The molecule has 2 aromatic carbocycles. The Bertz CT molecular complexity index is 1260. The van der Waals surface area contributed by atoms with E-state index < -0.39 is 17.9 Å². The number of carbonyl (C=O) groups excluding carboxylic acids is 2. The quantitative estimate of drug-likeness (QED) is 0.174. The number of benzene rings is 2. The Morgan fingerprint density at radius 2 is 1.60 bits per heavy atom. The van der Waals surface area contributed by atoms with Crippen LogP contribution in [-0.4, -0.2) is 63.8 Å². The molecular formula is C35H48N2O8. The normalized spacial score (nSPS) is 22.2. The van der Waals surface area contributed by atoms with Crippen LogP contribution in [0.15, 0.2) is 48.5 Å². The number of hydrogen-bond donors (Lipinski definition) is 3. The summed E-state index contributed by atoms with van der Waals surface area (Å²) in [7, 11) is 0. The molecule has 0 bridgehead atoms. The lowest BCUT2D eigenvalue weighted by molar-refractivity contribution is -0.253. The van der Waals surface area contributed by atoms with Crippen LogP contribution in [0.2, 0.25) is 0 Å². The highest BCUT2D eigenvalue weighted by atomic mass is 16.7. The third-order valence-electron chi connectivity index (χ3n) is 8.11. The number of aliphatic carboxylic acids is 1. The molecule has 10 nitrogen and oxygen atoms in total. The fourth-order valence-corrected chi connectivity index (χ4v) is 5.84. The molecule has 2 aromatic rings.